The molecule has 0 N–H and O–H groups in total. The molecule has 2 aliphatic heterocycles. The lowest BCUT2D eigenvalue weighted by Gasteiger charge is -2.36. The molecular weight excluding hydrogens is 292 g/mol. The molecular formula is C14H16N2O4S. The van der Waals surface area contributed by atoms with Crippen molar-refractivity contribution in [1.82, 2.24) is 4.31 Å². The van der Waals surface area contributed by atoms with Gasteiger partial charge in [0.05, 0.1) is 29.7 Å². The smallest absolute Gasteiger partial charge is 0.243 e. The molecule has 1 spiro atoms. The van der Waals surface area contributed by atoms with Crippen LogP contribution in [0.1, 0.15) is 18.4 Å². The summed E-state index contributed by atoms with van der Waals surface area (Å²) >= 11 is 0. The number of hydrogen-bond donors (Lipinski definition) is 0. The van der Waals surface area contributed by atoms with Gasteiger partial charge in [0.1, 0.15) is 0 Å². The number of sulfonamides is 1. The SMILES string of the molecule is N#Cc1cccc(S(=O)(=O)N2CCC3(CC2)OCCO3)c1. The number of hydrogen-bond acceptors (Lipinski definition) is 5. The van der Waals surface area contributed by atoms with E-state index in [0.29, 0.717) is 44.7 Å². The highest BCUT2D eigenvalue weighted by atomic mass is 32.2. The normalized spacial score (nSPS) is 22.2. The third kappa shape index (κ3) is 2.68. The molecule has 21 heavy (non-hydrogen) atoms. The maximum atomic E-state index is 12.6. The molecule has 7 heteroatoms. The highest BCUT2D eigenvalue weighted by Crippen LogP contribution is 2.33. The highest BCUT2D eigenvalue weighted by molar-refractivity contribution is 7.89. The van der Waals surface area contributed by atoms with Gasteiger partial charge in [0, 0.05) is 25.9 Å². The molecule has 6 nitrogen and oxygen atoms in total. The van der Waals surface area contributed by atoms with Crippen molar-refractivity contribution in [2.45, 2.75) is 23.5 Å². The summed E-state index contributed by atoms with van der Waals surface area (Å²) in [5, 5.41) is 8.89. The van der Waals surface area contributed by atoms with Crippen molar-refractivity contribution < 1.29 is 17.9 Å². The van der Waals surface area contributed by atoms with Crippen LogP contribution in [0.15, 0.2) is 29.2 Å². The summed E-state index contributed by atoms with van der Waals surface area (Å²) in [6, 6.07) is 8.05. The molecule has 2 saturated heterocycles. The topological polar surface area (TPSA) is 79.6 Å². The van der Waals surface area contributed by atoms with E-state index in [4.69, 9.17) is 14.7 Å². The number of ether oxygens (including phenoxy) is 2. The maximum Gasteiger partial charge on any atom is 0.243 e. The van der Waals surface area contributed by atoms with Gasteiger partial charge in [0.25, 0.3) is 0 Å². The van der Waals surface area contributed by atoms with E-state index in [0.717, 1.165) is 0 Å². The fourth-order valence-electron chi connectivity index (χ4n) is 2.73. The molecule has 0 bridgehead atoms. The first-order chi connectivity index (χ1) is 10.1. The minimum atomic E-state index is -3.57. The zero-order chi connectivity index (χ0) is 14.9. The van der Waals surface area contributed by atoms with Crippen molar-refractivity contribution in [3.8, 4) is 6.07 Å². The number of benzene rings is 1. The third-order valence-corrected chi connectivity index (χ3v) is 5.79. The van der Waals surface area contributed by atoms with E-state index >= 15 is 0 Å². The summed E-state index contributed by atoms with van der Waals surface area (Å²) in [4.78, 5) is 0.158. The van der Waals surface area contributed by atoms with E-state index in [2.05, 4.69) is 0 Å². The Labute approximate surface area is 123 Å². The van der Waals surface area contributed by atoms with Crippen LogP contribution in [0.3, 0.4) is 0 Å². The van der Waals surface area contributed by atoms with Crippen LogP contribution >= 0.6 is 0 Å². The van der Waals surface area contributed by atoms with E-state index in [1.165, 1.54) is 16.4 Å². The maximum absolute atomic E-state index is 12.6. The Hall–Kier alpha value is -1.46. The van der Waals surface area contributed by atoms with Crippen LogP contribution < -0.4 is 0 Å². The second kappa shape index (κ2) is 5.39. The Kier molecular flexibility index (Phi) is 3.71. The summed E-state index contributed by atoms with van der Waals surface area (Å²) in [5.74, 6) is -0.597. The Morgan fingerprint density at radius 1 is 1.19 bits per heavy atom. The van der Waals surface area contributed by atoms with Gasteiger partial charge in [-0.05, 0) is 18.2 Å². The minimum absolute atomic E-state index is 0.158. The van der Waals surface area contributed by atoms with Gasteiger partial charge in [-0.25, -0.2) is 8.42 Å². The lowest BCUT2D eigenvalue weighted by Crippen LogP contribution is -2.47. The van der Waals surface area contributed by atoms with Gasteiger partial charge in [-0.3, -0.25) is 0 Å². The molecule has 1 aromatic carbocycles. The summed E-state index contributed by atoms with van der Waals surface area (Å²) < 4.78 is 37.8. The number of piperidine rings is 1. The van der Waals surface area contributed by atoms with E-state index in [1.54, 1.807) is 12.1 Å². The van der Waals surface area contributed by atoms with Gasteiger partial charge in [0.15, 0.2) is 5.79 Å². The van der Waals surface area contributed by atoms with Crippen LogP contribution in [0.25, 0.3) is 0 Å². The summed E-state index contributed by atoms with van der Waals surface area (Å²) in [6.07, 6.45) is 1.06. The molecule has 2 fully saturated rings. The molecule has 112 valence electrons. The Morgan fingerprint density at radius 3 is 2.48 bits per heavy atom. The zero-order valence-corrected chi connectivity index (χ0v) is 12.3. The van der Waals surface area contributed by atoms with Crippen LogP contribution in [0, 0.1) is 11.3 Å². The molecule has 3 rings (SSSR count). The van der Waals surface area contributed by atoms with Crippen LogP contribution in [-0.2, 0) is 19.5 Å². The number of nitrogens with zero attached hydrogens (tertiary/aromatic N) is 2. The molecule has 0 saturated carbocycles. The standard InChI is InChI=1S/C14H16N2O4S/c15-11-12-2-1-3-13(10-12)21(17,18)16-6-4-14(5-7-16)19-8-9-20-14/h1-3,10H,4-9H2. The quantitative estimate of drug-likeness (QED) is 0.817. The first-order valence-electron chi connectivity index (χ1n) is 6.84. The molecule has 0 atom stereocenters. The fourth-order valence-corrected chi connectivity index (χ4v) is 4.22. The van der Waals surface area contributed by atoms with E-state index < -0.39 is 15.8 Å². The van der Waals surface area contributed by atoms with Crippen molar-refractivity contribution in [3.05, 3.63) is 29.8 Å². The molecule has 0 unspecified atom stereocenters. The molecule has 0 amide bonds. The third-order valence-electron chi connectivity index (χ3n) is 3.90. The summed E-state index contributed by atoms with van der Waals surface area (Å²) in [6.45, 7) is 1.85. The second-order valence-corrected chi connectivity index (χ2v) is 7.09. The number of rotatable bonds is 2. The first-order valence-corrected chi connectivity index (χ1v) is 8.28. The average molecular weight is 308 g/mol. The number of nitriles is 1. The Morgan fingerprint density at radius 2 is 1.86 bits per heavy atom. The van der Waals surface area contributed by atoms with E-state index in [1.807, 2.05) is 6.07 Å². The lowest BCUT2D eigenvalue weighted by atomic mass is 10.1. The van der Waals surface area contributed by atoms with Crippen molar-refractivity contribution >= 4 is 10.0 Å². The highest BCUT2D eigenvalue weighted by Gasteiger charge is 2.42. The van der Waals surface area contributed by atoms with Crippen LogP contribution in [-0.4, -0.2) is 44.8 Å². The van der Waals surface area contributed by atoms with Crippen molar-refractivity contribution in [3.63, 3.8) is 0 Å². The Bertz CT molecular complexity index is 664. The van der Waals surface area contributed by atoms with Crippen LogP contribution in [0.4, 0.5) is 0 Å². The van der Waals surface area contributed by atoms with Gasteiger partial charge in [-0.2, -0.15) is 9.57 Å². The van der Waals surface area contributed by atoms with E-state index in [-0.39, 0.29) is 4.90 Å². The van der Waals surface area contributed by atoms with E-state index in [9.17, 15) is 8.42 Å². The summed E-state index contributed by atoms with van der Waals surface area (Å²) in [7, 11) is -3.57. The van der Waals surface area contributed by atoms with Crippen LogP contribution in [0.2, 0.25) is 0 Å². The first kappa shape index (κ1) is 14.5. The predicted molar refractivity (Wildman–Crippen MR) is 73.8 cm³/mol. The Balaban J connectivity index is 1.78. The largest absolute Gasteiger partial charge is 0.347 e. The lowest BCUT2D eigenvalue weighted by molar-refractivity contribution is -0.179. The van der Waals surface area contributed by atoms with Gasteiger partial charge in [0.2, 0.25) is 10.0 Å². The minimum Gasteiger partial charge on any atom is -0.347 e. The predicted octanol–water partition coefficient (Wildman–Crippen LogP) is 1.09. The van der Waals surface area contributed by atoms with Gasteiger partial charge in [-0.15, -0.1) is 0 Å². The fraction of sp³-hybridized carbons (Fsp3) is 0.500. The van der Waals surface area contributed by atoms with Crippen molar-refractivity contribution in [2.24, 2.45) is 0 Å². The van der Waals surface area contributed by atoms with Gasteiger partial charge >= 0.3 is 0 Å². The molecule has 1 aromatic rings. The zero-order valence-electron chi connectivity index (χ0n) is 11.5. The van der Waals surface area contributed by atoms with Crippen molar-refractivity contribution in [1.29, 1.82) is 5.26 Å². The van der Waals surface area contributed by atoms with Crippen molar-refractivity contribution in [2.75, 3.05) is 26.3 Å². The molecule has 2 aliphatic rings. The second-order valence-electron chi connectivity index (χ2n) is 5.15. The summed E-state index contributed by atoms with van der Waals surface area (Å²) in [5.41, 5.74) is 0.340. The molecule has 0 radical (unpaired) electrons. The van der Waals surface area contributed by atoms with Crippen LogP contribution in [0.5, 0.6) is 0 Å². The molecule has 2 heterocycles. The van der Waals surface area contributed by atoms with Gasteiger partial charge < -0.3 is 9.47 Å². The average Bonchev–Trinajstić information content (AvgIpc) is 2.96. The molecule has 0 aliphatic carbocycles. The monoisotopic (exact) mass is 308 g/mol. The van der Waals surface area contributed by atoms with Gasteiger partial charge in [-0.1, -0.05) is 6.07 Å². The molecule has 0 aromatic heterocycles.